The number of carbonyl (C=O) groups is 1. The van der Waals surface area contributed by atoms with Crippen LogP contribution in [0.3, 0.4) is 0 Å². The van der Waals surface area contributed by atoms with E-state index >= 15 is 0 Å². The van der Waals surface area contributed by atoms with Crippen molar-refractivity contribution in [2.24, 2.45) is 0 Å². The van der Waals surface area contributed by atoms with Gasteiger partial charge in [-0.2, -0.15) is 0 Å². The Labute approximate surface area is 204 Å². The molecule has 1 heterocycles. The van der Waals surface area contributed by atoms with Crippen LogP contribution < -0.4 is 4.90 Å². The van der Waals surface area contributed by atoms with Crippen molar-refractivity contribution in [3.63, 3.8) is 0 Å². The van der Waals surface area contributed by atoms with Gasteiger partial charge in [-0.3, -0.25) is 29.9 Å². The number of nitro groups is 2. The highest BCUT2D eigenvalue weighted by atomic mass is 35.5. The molecule has 182 valence electrons. The van der Waals surface area contributed by atoms with E-state index in [0.717, 1.165) is 35.8 Å². The molecule has 3 rings (SSSR count). The van der Waals surface area contributed by atoms with Crippen LogP contribution >= 0.6 is 23.7 Å². The Morgan fingerprint density at radius 2 is 1.65 bits per heavy atom. The summed E-state index contributed by atoms with van der Waals surface area (Å²) in [6.07, 6.45) is 1.05. The van der Waals surface area contributed by atoms with Crippen molar-refractivity contribution in [3.8, 4) is 0 Å². The number of likely N-dealkylation sites (N-methyl/N-ethyl adjacent to an activating group) is 1. The number of non-ortho nitro benzene ring substituents is 2. The predicted octanol–water partition coefficient (Wildman–Crippen LogP) is 3.15. The number of carbonyl (C=O) groups excluding carboxylic acids is 1. The number of amides is 1. The van der Waals surface area contributed by atoms with E-state index in [2.05, 4.69) is 4.98 Å². The summed E-state index contributed by atoms with van der Waals surface area (Å²) >= 11 is 1.07. The number of sulfone groups is 1. The fraction of sp³-hybridized carbons (Fsp3) is 0.263. The molecule has 0 aliphatic rings. The molecule has 0 unspecified atom stereocenters. The number of hydrogen-bond donors (Lipinski definition) is 0. The monoisotopic (exact) mass is 529 g/mol. The summed E-state index contributed by atoms with van der Waals surface area (Å²) < 4.78 is 24.8. The third-order valence-corrected chi connectivity index (χ3v) is 6.76. The molecule has 3 aromatic rings. The van der Waals surface area contributed by atoms with Crippen molar-refractivity contribution in [1.29, 1.82) is 0 Å². The fourth-order valence-electron chi connectivity index (χ4n) is 3.00. The molecule has 0 saturated carbocycles. The van der Waals surface area contributed by atoms with E-state index < -0.39 is 37.0 Å². The molecular weight excluding hydrogens is 510 g/mol. The SMILES string of the molecule is CN(C)CCN(C(=O)c1cc([N+](=O)[O-])cc([N+](=O)[O-])c1)c1nc2c(S(C)(=O)=O)cccc2s1.Cl. The Kier molecular flexibility index (Phi) is 8.26. The smallest absolute Gasteiger partial charge is 0.277 e. The molecule has 12 nitrogen and oxygen atoms in total. The van der Waals surface area contributed by atoms with Crippen molar-refractivity contribution in [3.05, 3.63) is 62.2 Å². The maximum Gasteiger partial charge on any atom is 0.277 e. The minimum atomic E-state index is -3.59. The van der Waals surface area contributed by atoms with Crippen molar-refractivity contribution in [2.45, 2.75) is 4.90 Å². The van der Waals surface area contributed by atoms with Gasteiger partial charge in [-0.15, -0.1) is 12.4 Å². The van der Waals surface area contributed by atoms with Gasteiger partial charge < -0.3 is 4.90 Å². The fourth-order valence-corrected chi connectivity index (χ4v) is 4.91. The van der Waals surface area contributed by atoms with Crippen molar-refractivity contribution in [2.75, 3.05) is 38.3 Å². The first-order valence-corrected chi connectivity index (χ1v) is 12.1. The summed E-state index contributed by atoms with van der Waals surface area (Å²) in [5.41, 5.74) is -1.24. The summed E-state index contributed by atoms with van der Waals surface area (Å²) in [5, 5.41) is 22.6. The average Bonchev–Trinajstić information content (AvgIpc) is 3.16. The number of benzene rings is 2. The van der Waals surface area contributed by atoms with Gasteiger partial charge in [0.2, 0.25) is 0 Å². The van der Waals surface area contributed by atoms with Gasteiger partial charge in [0.25, 0.3) is 17.3 Å². The van der Waals surface area contributed by atoms with Gasteiger partial charge in [0, 0.05) is 31.5 Å². The number of para-hydroxylation sites is 1. The summed E-state index contributed by atoms with van der Waals surface area (Å²) in [6, 6.07) is 7.35. The van der Waals surface area contributed by atoms with E-state index in [1.54, 1.807) is 31.1 Å². The van der Waals surface area contributed by atoms with Crippen molar-refractivity contribution >= 4 is 66.2 Å². The molecule has 0 aliphatic carbocycles. The first-order valence-electron chi connectivity index (χ1n) is 9.38. The van der Waals surface area contributed by atoms with E-state index in [1.165, 1.54) is 11.0 Å². The Hall–Kier alpha value is -3.20. The molecule has 15 heteroatoms. The van der Waals surface area contributed by atoms with E-state index in [1.807, 2.05) is 0 Å². The van der Waals surface area contributed by atoms with E-state index in [4.69, 9.17) is 0 Å². The van der Waals surface area contributed by atoms with E-state index in [0.29, 0.717) is 11.2 Å². The Morgan fingerprint density at radius 3 is 2.15 bits per heavy atom. The van der Waals surface area contributed by atoms with Crippen LogP contribution in [-0.4, -0.2) is 67.5 Å². The van der Waals surface area contributed by atoms with Crippen LogP contribution in [0, 0.1) is 20.2 Å². The van der Waals surface area contributed by atoms with Crippen LogP contribution in [0.2, 0.25) is 0 Å². The minimum absolute atomic E-state index is 0. The Morgan fingerprint density at radius 1 is 1.06 bits per heavy atom. The van der Waals surface area contributed by atoms with Crippen LogP contribution in [0.1, 0.15) is 10.4 Å². The molecule has 0 bridgehead atoms. The molecule has 2 aromatic carbocycles. The largest absolute Gasteiger partial charge is 0.308 e. The lowest BCUT2D eigenvalue weighted by molar-refractivity contribution is -0.394. The van der Waals surface area contributed by atoms with Gasteiger partial charge in [0.1, 0.15) is 5.52 Å². The third-order valence-electron chi connectivity index (χ3n) is 4.59. The van der Waals surface area contributed by atoms with Crippen LogP contribution in [0.25, 0.3) is 10.2 Å². The quantitative estimate of drug-likeness (QED) is 0.315. The minimum Gasteiger partial charge on any atom is -0.308 e. The zero-order valence-electron chi connectivity index (χ0n) is 18.2. The number of fused-ring (bicyclic) bond motifs is 1. The highest BCUT2D eigenvalue weighted by molar-refractivity contribution is 7.91. The number of rotatable bonds is 8. The highest BCUT2D eigenvalue weighted by Gasteiger charge is 2.27. The van der Waals surface area contributed by atoms with Crippen LogP contribution in [0.5, 0.6) is 0 Å². The average molecular weight is 530 g/mol. The van der Waals surface area contributed by atoms with Crippen molar-refractivity contribution in [1.82, 2.24) is 9.88 Å². The van der Waals surface area contributed by atoms with Crippen LogP contribution in [0.4, 0.5) is 16.5 Å². The molecule has 0 saturated heterocycles. The summed E-state index contributed by atoms with van der Waals surface area (Å²) in [6.45, 7) is 0.494. The Balaban J connectivity index is 0.00000408. The van der Waals surface area contributed by atoms with Crippen molar-refractivity contribution < 1.29 is 23.1 Å². The number of nitro benzene ring substituents is 2. The number of hydrogen-bond acceptors (Lipinski definition) is 10. The maximum absolute atomic E-state index is 13.4. The number of halogens is 1. The highest BCUT2D eigenvalue weighted by Crippen LogP contribution is 2.34. The maximum atomic E-state index is 13.4. The summed E-state index contributed by atoms with van der Waals surface area (Å²) in [7, 11) is -0.0302. The lowest BCUT2D eigenvalue weighted by Crippen LogP contribution is -2.36. The third kappa shape index (κ3) is 5.83. The molecule has 1 aromatic heterocycles. The molecule has 0 aliphatic heterocycles. The Bertz CT molecular complexity index is 1340. The topological polar surface area (TPSA) is 157 Å². The van der Waals surface area contributed by atoms with Gasteiger partial charge >= 0.3 is 0 Å². The normalized spacial score (nSPS) is 11.3. The molecule has 34 heavy (non-hydrogen) atoms. The lowest BCUT2D eigenvalue weighted by atomic mass is 10.1. The molecule has 0 fully saturated rings. The number of nitrogens with zero attached hydrogens (tertiary/aromatic N) is 5. The van der Waals surface area contributed by atoms with Gasteiger partial charge in [-0.1, -0.05) is 17.4 Å². The zero-order chi connectivity index (χ0) is 24.5. The number of thiazole rings is 1. The second-order valence-electron chi connectivity index (χ2n) is 7.38. The van der Waals surface area contributed by atoms with Gasteiger partial charge in [0.05, 0.1) is 31.1 Å². The molecule has 1 amide bonds. The summed E-state index contributed by atoms with van der Waals surface area (Å²) in [5.74, 6) is -0.733. The van der Waals surface area contributed by atoms with E-state index in [9.17, 15) is 33.4 Å². The second-order valence-corrected chi connectivity index (χ2v) is 10.4. The van der Waals surface area contributed by atoms with Gasteiger partial charge in [-0.05, 0) is 26.2 Å². The number of aromatic nitrogens is 1. The molecular formula is C19H20ClN5O7S2. The van der Waals surface area contributed by atoms with Gasteiger partial charge in [0.15, 0.2) is 15.0 Å². The summed E-state index contributed by atoms with van der Waals surface area (Å²) in [4.78, 5) is 41.6. The second kappa shape index (κ2) is 10.4. The van der Waals surface area contributed by atoms with Crippen LogP contribution in [0.15, 0.2) is 41.3 Å². The molecule has 0 spiro atoms. The number of anilines is 1. The van der Waals surface area contributed by atoms with Crippen LogP contribution in [-0.2, 0) is 9.84 Å². The molecule has 0 radical (unpaired) electrons. The predicted molar refractivity (Wildman–Crippen MR) is 130 cm³/mol. The zero-order valence-corrected chi connectivity index (χ0v) is 20.6. The first kappa shape index (κ1) is 27.0. The standard InChI is InChI=1S/C19H19N5O7S2.ClH/c1-21(2)7-8-22(18(25)12-9-13(23(26)27)11-14(10-12)24(28)29)19-20-17-15(32-19)5-4-6-16(17)33(3,30)31;/h4-6,9-11H,7-8H2,1-3H3;1H. The first-order chi connectivity index (χ1) is 15.4. The van der Waals surface area contributed by atoms with Gasteiger partial charge in [-0.25, -0.2) is 13.4 Å². The molecule has 0 atom stereocenters. The lowest BCUT2D eigenvalue weighted by Gasteiger charge is -2.22. The van der Waals surface area contributed by atoms with E-state index in [-0.39, 0.29) is 40.1 Å². The molecule has 0 N–H and O–H groups in total.